The van der Waals surface area contributed by atoms with Crippen LogP contribution in [0.3, 0.4) is 0 Å². The average Bonchev–Trinajstić information content (AvgIpc) is 2.19. The maximum absolute atomic E-state index is 5.81. The van der Waals surface area contributed by atoms with Crippen molar-refractivity contribution in [3.05, 3.63) is 40.7 Å². The molecule has 0 aromatic carbocycles. The smallest absolute Gasteiger partial charge is 0.129 e. The zero-order valence-corrected chi connectivity index (χ0v) is 9.38. The Morgan fingerprint density at radius 2 is 2.36 bits per heavy atom. The Morgan fingerprint density at radius 1 is 1.64 bits per heavy atom. The second-order valence-electron chi connectivity index (χ2n) is 3.06. The lowest BCUT2D eigenvalue weighted by Crippen LogP contribution is -2.03. The van der Waals surface area contributed by atoms with E-state index in [-0.39, 0.29) is 6.10 Å². The van der Waals surface area contributed by atoms with Gasteiger partial charge in [0.25, 0.3) is 0 Å². The molecule has 0 aliphatic carbocycles. The number of methoxy groups -OCH3 is 1. The van der Waals surface area contributed by atoms with E-state index in [1.165, 1.54) is 0 Å². The summed E-state index contributed by atoms with van der Waals surface area (Å²) in [5.74, 6) is 0. The minimum absolute atomic E-state index is 0.0273. The summed E-state index contributed by atoms with van der Waals surface area (Å²) in [5, 5.41) is 0.494. The van der Waals surface area contributed by atoms with E-state index in [4.69, 9.17) is 16.3 Å². The summed E-state index contributed by atoms with van der Waals surface area (Å²) in [7, 11) is 1.69. The van der Waals surface area contributed by atoms with E-state index in [9.17, 15) is 0 Å². The highest BCUT2D eigenvalue weighted by atomic mass is 35.5. The summed E-state index contributed by atoms with van der Waals surface area (Å²) in [6.45, 7) is 4.02. The molecule has 0 aliphatic heterocycles. The molecule has 0 saturated carbocycles. The molecule has 0 amide bonds. The van der Waals surface area contributed by atoms with Crippen molar-refractivity contribution in [3.63, 3.8) is 0 Å². The van der Waals surface area contributed by atoms with Crippen LogP contribution in [0, 0.1) is 0 Å². The summed E-state index contributed by atoms with van der Waals surface area (Å²) in [6, 6.07) is 3.73. The van der Waals surface area contributed by atoms with Crippen molar-refractivity contribution in [3.8, 4) is 0 Å². The molecule has 76 valence electrons. The predicted molar refractivity (Wildman–Crippen MR) is 58.4 cm³/mol. The van der Waals surface area contributed by atoms with Crippen LogP contribution in [0.4, 0.5) is 0 Å². The summed E-state index contributed by atoms with van der Waals surface area (Å²) >= 11 is 5.81. The highest BCUT2D eigenvalue weighted by Crippen LogP contribution is 2.25. The molecule has 0 fully saturated rings. The first-order chi connectivity index (χ1) is 6.69. The zero-order valence-electron chi connectivity index (χ0n) is 8.62. The standard InChI is InChI=1S/C11H14ClNO/c1-4-8(2)11(14-3)9-5-6-13-10(12)7-9/h4-7,11H,1-3H3. The summed E-state index contributed by atoms with van der Waals surface area (Å²) in [6.07, 6.45) is 3.69. The normalized spacial score (nSPS) is 14.1. The van der Waals surface area contributed by atoms with Gasteiger partial charge in [-0.1, -0.05) is 17.7 Å². The van der Waals surface area contributed by atoms with E-state index in [1.807, 2.05) is 32.1 Å². The number of pyridine rings is 1. The van der Waals surface area contributed by atoms with Gasteiger partial charge in [-0.05, 0) is 37.1 Å². The van der Waals surface area contributed by atoms with E-state index in [0.717, 1.165) is 11.1 Å². The molecule has 0 N–H and O–H groups in total. The second kappa shape index (κ2) is 5.13. The lowest BCUT2D eigenvalue weighted by molar-refractivity contribution is 0.133. The highest BCUT2D eigenvalue weighted by molar-refractivity contribution is 6.29. The fraction of sp³-hybridized carbons (Fsp3) is 0.364. The maximum Gasteiger partial charge on any atom is 0.129 e. The molecule has 2 nitrogen and oxygen atoms in total. The fourth-order valence-electron chi connectivity index (χ4n) is 1.32. The Kier molecular flexibility index (Phi) is 4.11. The summed E-state index contributed by atoms with van der Waals surface area (Å²) in [4.78, 5) is 3.93. The summed E-state index contributed by atoms with van der Waals surface area (Å²) < 4.78 is 5.39. The molecule has 14 heavy (non-hydrogen) atoms. The van der Waals surface area contributed by atoms with Crippen molar-refractivity contribution < 1.29 is 4.74 Å². The van der Waals surface area contributed by atoms with Gasteiger partial charge >= 0.3 is 0 Å². The number of nitrogens with zero attached hydrogens (tertiary/aromatic N) is 1. The number of aromatic nitrogens is 1. The number of hydrogen-bond donors (Lipinski definition) is 0. The summed E-state index contributed by atoms with van der Waals surface area (Å²) in [5.41, 5.74) is 2.19. The Balaban J connectivity index is 3.01. The van der Waals surface area contributed by atoms with E-state index in [0.29, 0.717) is 5.15 Å². The molecule has 3 heteroatoms. The SMILES string of the molecule is CC=C(C)C(OC)c1ccnc(Cl)c1. The molecule has 1 atom stereocenters. The molecule has 0 aliphatic rings. The van der Waals surface area contributed by atoms with Crippen molar-refractivity contribution in [2.24, 2.45) is 0 Å². The monoisotopic (exact) mass is 211 g/mol. The Bertz CT molecular complexity index is 336. The molecule has 0 radical (unpaired) electrons. The molecule has 0 saturated heterocycles. The number of allylic oxidation sites excluding steroid dienone is 1. The predicted octanol–water partition coefficient (Wildman–Crippen LogP) is 3.39. The molecule has 0 bridgehead atoms. The van der Waals surface area contributed by atoms with Crippen LogP contribution in [0.5, 0.6) is 0 Å². The quantitative estimate of drug-likeness (QED) is 0.565. The van der Waals surface area contributed by atoms with Crippen LogP contribution in [-0.4, -0.2) is 12.1 Å². The van der Waals surface area contributed by atoms with Crippen LogP contribution < -0.4 is 0 Å². The number of ether oxygens (including phenoxy) is 1. The third kappa shape index (κ3) is 2.56. The van der Waals surface area contributed by atoms with Crippen LogP contribution >= 0.6 is 11.6 Å². The first-order valence-electron chi connectivity index (χ1n) is 4.46. The van der Waals surface area contributed by atoms with Crippen LogP contribution in [0.2, 0.25) is 5.15 Å². The van der Waals surface area contributed by atoms with Crippen molar-refractivity contribution in [2.75, 3.05) is 7.11 Å². The molecule has 1 heterocycles. The largest absolute Gasteiger partial charge is 0.372 e. The van der Waals surface area contributed by atoms with Crippen molar-refractivity contribution in [2.45, 2.75) is 20.0 Å². The van der Waals surface area contributed by atoms with E-state index in [1.54, 1.807) is 13.3 Å². The van der Waals surface area contributed by atoms with Crippen molar-refractivity contribution in [1.82, 2.24) is 4.98 Å². The lowest BCUT2D eigenvalue weighted by atomic mass is 10.0. The molecule has 1 aromatic rings. The molecule has 0 spiro atoms. The van der Waals surface area contributed by atoms with Gasteiger partial charge in [-0.25, -0.2) is 4.98 Å². The number of halogens is 1. The molecular weight excluding hydrogens is 198 g/mol. The Labute approximate surface area is 89.6 Å². The van der Waals surface area contributed by atoms with Gasteiger partial charge in [0.15, 0.2) is 0 Å². The number of rotatable bonds is 3. The third-order valence-electron chi connectivity index (χ3n) is 2.16. The van der Waals surface area contributed by atoms with Gasteiger partial charge in [0.2, 0.25) is 0 Å². The van der Waals surface area contributed by atoms with E-state index < -0.39 is 0 Å². The van der Waals surface area contributed by atoms with Crippen LogP contribution in [0.25, 0.3) is 0 Å². The fourth-order valence-corrected chi connectivity index (χ4v) is 1.50. The van der Waals surface area contributed by atoms with Gasteiger partial charge in [-0.15, -0.1) is 0 Å². The van der Waals surface area contributed by atoms with Gasteiger partial charge in [0, 0.05) is 13.3 Å². The first kappa shape index (κ1) is 11.2. The van der Waals surface area contributed by atoms with Crippen LogP contribution in [-0.2, 0) is 4.74 Å². The van der Waals surface area contributed by atoms with Gasteiger partial charge in [0.05, 0.1) is 0 Å². The lowest BCUT2D eigenvalue weighted by Gasteiger charge is -2.16. The van der Waals surface area contributed by atoms with Gasteiger partial charge in [-0.3, -0.25) is 0 Å². The minimum atomic E-state index is -0.0273. The van der Waals surface area contributed by atoms with Crippen LogP contribution in [0.15, 0.2) is 30.0 Å². The molecule has 1 aromatic heterocycles. The van der Waals surface area contributed by atoms with E-state index >= 15 is 0 Å². The Hall–Kier alpha value is -0.860. The van der Waals surface area contributed by atoms with E-state index in [2.05, 4.69) is 4.98 Å². The zero-order chi connectivity index (χ0) is 10.6. The van der Waals surface area contributed by atoms with Gasteiger partial charge in [-0.2, -0.15) is 0 Å². The molecule has 1 rings (SSSR count). The highest BCUT2D eigenvalue weighted by Gasteiger charge is 2.11. The molecular formula is C11H14ClNO. The van der Waals surface area contributed by atoms with Crippen molar-refractivity contribution in [1.29, 1.82) is 0 Å². The minimum Gasteiger partial charge on any atom is -0.372 e. The first-order valence-corrected chi connectivity index (χ1v) is 4.84. The number of hydrogen-bond acceptors (Lipinski definition) is 2. The third-order valence-corrected chi connectivity index (χ3v) is 2.36. The average molecular weight is 212 g/mol. The maximum atomic E-state index is 5.81. The Morgan fingerprint density at radius 3 is 2.86 bits per heavy atom. The van der Waals surface area contributed by atoms with Gasteiger partial charge in [0.1, 0.15) is 11.3 Å². The van der Waals surface area contributed by atoms with Gasteiger partial charge < -0.3 is 4.74 Å². The topological polar surface area (TPSA) is 22.1 Å². The van der Waals surface area contributed by atoms with Crippen LogP contribution in [0.1, 0.15) is 25.5 Å². The van der Waals surface area contributed by atoms with Crippen molar-refractivity contribution >= 4 is 11.6 Å². The molecule has 1 unspecified atom stereocenters. The second-order valence-corrected chi connectivity index (χ2v) is 3.45.